The molecule has 0 spiro atoms. The molecule has 182 valence electrons. The van der Waals surface area contributed by atoms with E-state index >= 15 is 0 Å². The molecule has 1 aromatic carbocycles. The van der Waals surface area contributed by atoms with Crippen LogP contribution in [0.25, 0.3) is 11.3 Å². The number of benzene rings is 1. The smallest absolute Gasteiger partial charge is 0.270 e. The van der Waals surface area contributed by atoms with Gasteiger partial charge < -0.3 is 15.0 Å². The molecule has 3 aromatic heterocycles. The molecule has 5 rings (SSSR count). The first-order valence-corrected chi connectivity index (χ1v) is 11.5. The van der Waals surface area contributed by atoms with Gasteiger partial charge in [-0.1, -0.05) is 11.6 Å². The van der Waals surface area contributed by atoms with Gasteiger partial charge in [0, 0.05) is 35.6 Å². The van der Waals surface area contributed by atoms with Gasteiger partial charge in [-0.15, -0.1) is 5.11 Å². The quantitative estimate of drug-likeness (QED) is 0.349. The van der Waals surface area contributed by atoms with E-state index in [4.69, 9.17) is 16.3 Å². The van der Waals surface area contributed by atoms with Crippen molar-refractivity contribution in [3.63, 3.8) is 0 Å². The summed E-state index contributed by atoms with van der Waals surface area (Å²) in [7, 11) is 0. The number of pyridine rings is 1. The number of hydrogen-bond donors (Lipinski definition) is 1. The fourth-order valence-electron chi connectivity index (χ4n) is 3.60. The zero-order valence-electron chi connectivity index (χ0n) is 19.1. The van der Waals surface area contributed by atoms with Crippen LogP contribution < -0.4 is 10.2 Å². The van der Waals surface area contributed by atoms with Gasteiger partial charge >= 0.3 is 0 Å². The molecule has 0 saturated carbocycles. The highest BCUT2D eigenvalue weighted by Crippen LogP contribution is 2.28. The Morgan fingerprint density at radius 1 is 1.03 bits per heavy atom. The fourth-order valence-corrected chi connectivity index (χ4v) is 3.83. The number of aromatic nitrogens is 5. The topological polar surface area (TPSA) is 114 Å². The summed E-state index contributed by atoms with van der Waals surface area (Å²) < 4.78 is 19.5. The Morgan fingerprint density at radius 2 is 1.92 bits per heavy atom. The lowest BCUT2D eigenvalue weighted by Gasteiger charge is -2.27. The van der Waals surface area contributed by atoms with Crippen molar-refractivity contribution < 1.29 is 9.13 Å². The molecule has 4 aromatic rings. The molecule has 1 aliphatic rings. The molecule has 1 saturated heterocycles. The molecule has 0 bridgehead atoms. The van der Waals surface area contributed by atoms with E-state index < -0.39 is 5.82 Å². The molecular weight excluding hydrogens is 485 g/mol. The molecule has 10 nitrogen and oxygen atoms in total. The van der Waals surface area contributed by atoms with E-state index in [9.17, 15) is 4.39 Å². The second-order valence-electron chi connectivity index (χ2n) is 7.83. The number of ether oxygens (including phenoxy) is 1. The molecule has 4 heterocycles. The summed E-state index contributed by atoms with van der Waals surface area (Å²) in [5.41, 5.74) is 3.93. The van der Waals surface area contributed by atoms with E-state index in [1.54, 1.807) is 12.4 Å². The molecule has 36 heavy (non-hydrogen) atoms. The van der Waals surface area contributed by atoms with E-state index in [2.05, 4.69) is 40.5 Å². The van der Waals surface area contributed by atoms with Gasteiger partial charge in [0.05, 0.1) is 42.7 Å². The van der Waals surface area contributed by atoms with Crippen LogP contribution in [0.5, 0.6) is 0 Å². The van der Waals surface area contributed by atoms with Crippen molar-refractivity contribution in [1.29, 1.82) is 0 Å². The third kappa shape index (κ3) is 5.93. The Morgan fingerprint density at radius 3 is 2.69 bits per heavy atom. The Labute approximate surface area is 211 Å². The number of azo groups is 1. The van der Waals surface area contributed by atoms with Crippen LogP contribution in [0.1, 0.15) is 5.69 Å². The molecule has 1 N–H and O–H groups in total. The molecule has 0 atom stereocenters. The summed E-state index contributed by atoms with van der Waals surface area (Å²) in [6.45, 7) is 2.40. The monoisotopic (exact) mass is 505 g/mol. The number of anilines is 3. The summed E-state index contributed by atoms with van der Waals surface area (Å²) in [4.78, 5) is 22.6. The largest absolute Gasteiger partial charge is 0.378 e. The van der Waals surface area contributed by atoms with Gasteiger partial charge in [-0.25, -0.2) is 19.3 Å². The maximum Gasteiger partial charge on any atom is 0.270 e. The highest BCUT2D eigenvalue weighted by molar-refractivity contribution is 6.31. The summed E-state index contributed by atoms with van der Waals surface area (Å²) in [5.74, 6) is -0.194. The number of hydrogen-bond acceptors (Lipinski definition) is 10. The maximum absolute atomic E-state index is 14.2. The molecule has 0 radical (unpaired) electrons. The molecule has 0 unspecified atom stereocenters. The predicted octanol–water partition coefficient (Wildman–Crippen LogP) is 4.99. The SMILES string of the molecule is Fc1cnc(N=NCc2ccc(Nc3cc(Cl)cc(-c4ccncn4)c3)cn2)nc1N1CCOCC1. The Bertz CT molecular complexity index is 1350. The van der Waals surface area contributed by atoms with Gasteiger partial charge in [0.15, 0.2) is 11.6 Å². The van der Waals surface area contributed by atoms with E-state index in [0.29, 0.717) is 37.0 Å². The van der Waals surface area contributed by atoms with Crippen LogP contribution >= 0.6 is 11.6 Å². The first-order chi connectivity index (χ1) is 17.6. The standard InChI is InChI=1S/C24H21ClFN9O/c25-17-9-16(22-3-4-27-15-30-22)10-20(11-17)32-19-2-1-18(28-12-19)13-31-34-24-29-14-21(26)23(33-24)35-5-7-36-8-6-35/h1-4,9-12,14-15,32H,5-8,13H2. The van der Waals surface area contributed by atoms with Gasteiger partial charge in [0.2, 0.25) is 0 Å². The van der Waals surface area contributed by atoms with Gasteiger partial charge in [-0.2, -0.15) is 10.1 Å². The summed E-state index contributed by atoms with van der Waals surface area (Å²) >= 11 is 6.30. The van der Waals surface area contributed by atoms with Gasteiger partial charge in [-0.05, 0) is 36.4 Å². The lowest BCUT2D eigenvalue weighted by molar-refractivity contribution is 0.122. The molecular formula is C24H21ClFN9O. The van der Waals surface area contributed by atoms with Gasteiger partial charge in [0.25, 0.3) is 5.95 Å². The molecule has 0 amide bonds. The normalized spacial score (nSPS) is 13.8. The van der Waals surface area contributed by atoms with Crippen LogP contribution in [0.3, 0.4) is 0 Å². The van der Waals surface area contributed by atoms with Crippen LogP contribution in [-0.4, -0.2) is 51.2 Å². The second-order valence-corrected chi connectivity index (χ2v) is 8.26. The first kappa shape index (κ1) is 23.6. The minimum atomic E-state index is -0.496. The van der Waals surface area contributed by atoms with Crippen LogP contribution in [0, 0.1) is 5.82 Å². The number of rotatable bonds is 7. The van der Waals surface area contributed by atoms with Crippen LogP contribution in [0.4, 0.5) is 27.5 Å². The van der Waals surface area contributed by atoms with Crippen molar-refractivity contribution in [3.05, 3.63) is 77.8 Å². The lowest BCUT2D eigenvalue weighted by Crippen LogP contribution is -2.37. The Hall–Kier alpha value is -4.09. The average molecular weight is 506 g/mol. The van der Waals surface area contributed by atoms with Crippen molar-refractivity contribution in [2.75, 3.05) is 36.5 Å². The van der Waals surface area contributed by atoms with Gasteiger partial charge in [0.1, 0.15) is 12.9 Å². The van der Waals surface area contributed by atoms with Crippen molar-refractivity contribution in [1.82, 2.24) is 24.9 Å². The zero-order valence-corrected chi connectivity index (χ0v) is 19.8. The second kappa shape index (κ2) is 11.1. The lowest BCUT2D eigenvalue weighted by atomic mass is 10.1. The van der Waals surface area contributed by atoms with Crippen LogP contribution in [-0.2, 0) is 11.3 Å². The number of halogens is 2. The number of morpholine rings is 1. The molecule has 1 aliphatic heterocycles. The van der Waals surface area contributed by atoms with Crippen LogP contribution in [0.15, 0.2) is 71.5 Å². The Kier molecular flexibility index (Phi) is 7.29. The number of nitrogens with zero attached hydrogens (tertiary/aromatic N) is 8. The first-order valence-electron chi connectivity index (χ1n) is 11.2. The predicted molar refractivity (Wildman–Crippen MR) is 133 cm³/mol. The summed E-state index contributed by atoms with van der Waals surface area (Å²) in [6, 6.07) is 11.2. The zero-order chi connectivity index (χ0) is 24.7. The molecule has 1 fully saturated rings. The van der Waals surface area contributed by atoms with Gasteiger partial charge in [-0.3, -0.25) is 4.98 Å². The van der Waals surface area contributed by atoms with Crippen molar-refractivity contribution in [2.45, 2.75) is 6.54 Å². The highest BCUT2D eigenvalue weighted by Gasteiger charge is 2.17. The third-order valence-corrected chi connectivity index (χ3v) is 5.52. The van der Waals surface area contributed by atoms with E-state index in [-0.39, 0.29) is 18.3 Å². The van der Waals surface area contributed by atoms with E-state index in [1.807, 2.05) is 41.3 Å². The Balaban J connectivity index is 1.22. The van der Waals surface area contributed by atoms with E-state index in [1.165, 1.54) is 6.33 Å². The summed E-state index contributed by atoms with van der Waals surface area (Å²) in [5, 5.41) is 12.0. The van der Waals surface area contributed by atoms with Crippen molar-refractivity contribution in [2.24, 2.45) is 10.2 Å². The minimum Gasteiger partial charge on any atom is -0.378 e. The maximum atomic E-state index is 14.2. The fraction of sp³-hybridized carbons (Fsp3) is 0.208. The summed E-state index contributed by atoms with van der Waals surface area (Å²) in [6.07, 6.45) is 5.98. The van der Waals surface area contributed by atoms with Crippen molar-refractivity contribution in [3.8, 4) is 11.3 Å². The number of nitrogens with one attached hydrogen (secondary N) is 1. The minimum absolute atomic E-state index is 0.0941. The average Bonchev–Trinajstić information content (AvgIpc) is 2.91. The highest BCUT2D eigenvalue weighted by atomic mass is 35.5. The van der Waals surface area contributed by atoms with Crippen LogP contribution in [0.2, 0.25) is 5.02 Å². The third-order valence-electron chi connectivity index (χ3n) is 5.31. The molecule has 0 aliphatic carbocycles. The van der Waals surface area contributed by atoms with Crippen molar-refractivity contribution >= 4 is 34.7 Å². The molecule has 12 heteroatoms. The van der Waals surface area contributed by atoms with E-state index in [0.717, 1.165) is 28.8 Å².